The first-order valence-corrected chi connectivity index (χ1v) is 11.2. The Morgan fingerprint density at radius 2 is 1.91 bits per heavy atom. The maximum atomic E-state index is 12.9. The molecule has 1 aliphatic heterocycles. The van der Waals surface area contributed by atoms with Crippen LogP contribution in [0.3, 0.4) is 0 Å². The van der Waals surface area contributed by atoms with E-state index in [-0.39, 0.29) is 18.1 Å². The van der Waals surface area contributed by atoms with Crippen molar-refractivity contribution in [2.24, 2.45) is 0 Å². The predicted octanol–water partition coefficient (Wildman–Crippen LogP) is 3.51. The molecule has 32 heavy (non-hydrogen) atoms. The van der Waals surface area contributed by atoms with E-state index in [1.165, 1.54) is 11.3 Å². The summed E-state index contributed by atoms with van der Waals surface area (Å²) < 4.78 is 22.1. The second-order valence-electron chi connectivity index (χ2n) is 7.84. The van der Waals surface area contributed by atoms with Crippen LogP contribution in [0.4, 0.5) is 5.13 Å². The summed E-state index contributed by atoms with van der Waals surface area (Å²) in [6.07, 6.45) is 0.400. The first kappa shape index (κ1) is 22.4. The van der Waals surface area contributed by atoms with Crippen molar-refractivity contribution in [2.45, 2.75) is 32.6 Å². The van der Waals surface area contributed by atoms with Crippen molar-refractivity contribution in [2.75, 3.05) is 39.7 Å². The lowest BCUT2D eigenvalue weighted by atomic mass is 10.2. The summed E-state index contributed by atoms with van der Waals surface area (Å²) >= 11 is 1.41. The highest BCUT2D eigenvalue weighted by Gasteiger charge is 2.23. The van der Waals surface area contributed by atoms with Gasteiger partial charge in [-0.15, -0.1) is 11.3 Å². The molecule has 0 radical (unpaired) electrons. The van der Waals surface area contributed by atoms with Gasteiger partial charge in [-0.1, -0.05) is 0 Å². The van der Waals surface area contributed by atoms with Gasteiger partial charge in [0, 0.05) is 36.5 Å². The Balaban J connectivity index is 1.51. The van der Waals surface area contributed by atoms with Gasteiger partial charge in [0.05, 0.1) is 44.7 Å². The molecule has 10 heteroatoms. The van der Waals surface area contributed by atoms with Crippen molar-refractivity contribution < 1.29 is 23.7 Å². The molecule has 172 valence electrons. The molecule has 1 saturated heterocycles. The molecule has 0 aliphatic carbocycles. The number of nitrogens with zero attached hydrogens (tertiary/aromatic N) is 2. The Kier molecular flexibility index (Phi) is 6.54. The Bertz CT molecular complexity index is 1100. The monoisotopic (exact) mass is 460 g/mol. The lowest BCUT2D eigenvalue weighted by molar-refractivity contribution is -0.0707. The van der Waals surface area contributed by atoms with Crippen LogP contribution in [0.1, 0.15) is 30.0 Å². The molecule has 0 bridgehead atoms. The number of H-pyrrole nitrogens is 1. The Morgan fingerprint density at radius 1 is 1.19 bits per heavy atom. The molecule has 1 aromatic carbocycles. The number of amides is 1. The molecule has 3 heterocycles. The number of morpholine rings is 1. The Morgan fingerprint density at radius 3 is 2.56 bits per heavy atom. The minimum atomic E-state index is -0.293. The Labute approximate surface area is 190 Å². The summed E-state index contributed by atoms with van der Waals surface area (Å²) in [5.41, 5.74) is 1.93. The maximum Gasteiger partial charge on any atom is 0.273 e. The van der Waals surface area contributed by atoms with Gasteiger partial charge in [-0.2, -0.15) is 0 Å². The van der Waals surface area contributed by atoms with E-state index >= 15 is 0 Å². The van der Waals surface area contributed by atoms with E-state index in [2.05, 4.69) is 34.0 Å². The van der Waals surface area contributed by atoms with Crippen LogP contribution in [0.25, 0.3) is 10.9 Å². The van der Waals surface area contributed by atoms with Crippen LogP contribution in [0.5, 0.6) is 17.2 Å². The zero-order valence-corrected chi connectivity index (χ0v) is 19.7. The average Bonchev–Trinajstić information content (AvgIpc) is 3.38. The minimum Gasteiger partial charge on any atom is -0.496 e. The third-order valence-corrected chi connectivity index (χ3v) is 6.14. The number of benzene rings is 1. The fourth-order valence-electron chi connectivity index (χ4n) is 4.10. The van der Waals surface area contributed by atoms with E-state index in [0.717, 1.165) is 30.7 Å². The molecule has 2 atom stereocenters. The lowest BCUT2D eigenvalue weighted by Gasteiger charge is -2.34. The van der Waals surface area contributed by atoms with Crippen molar-refractivity contribution in [3.63, 3.8) is 0 Å². The van der Waals surface area contributed by atoms with Crippen molar-refractivity contribution in [3.8, 4) is 17.2 Å². The average molecular weight is 461 g/mol. The first-order chi connectivity index (χ1) is 15.4. The third-order valence-electron chi connectivity index (χ3n) is 5.34. The van der Waals surface area contributed by atoms with Crippen molar-refractivity contribution in [1.82, 2.24) is 14.9 Å². The predicted molar refractivity (Wildman–Crippen MR) is 123 cm³/mol. The number of hydrogen-bond acceptors (Lipinski definition) is 8. The highest BCUT2D eigenvalue weighted by Crippen LogP contribution is 2.41. The summed E-state index contributed by atoms with van der Waals surface area (Å²) in [5, 5.41) is 6.13. The summed E-state index contributed by atoms with van der Waals surface area (Å²) in [4.78, 5) is 22.9. The summed E-state index contributed by atoms with van der Waals surface area (Å²) in [6, 6.07) is 3.47. The molecule has 1 amide bonds. The van der Waals surface area contributed by atoms with Gasteiger partial charge >= 0.3 is 0 Å². The minimum absolute atomic E-state index is 0.200. The smallest absolute Gasteiger partial charge is 0.273 e. The quantitative estimate of drug-likeness (QED) is 0.557. The van der Waals surface area contributed by atoms with Crippen molar-refractivity contribution in [1.29, 1.82) is 0 Å². The number of carbonyl (C=O) groups is 1. The fourth-order valence-corrected chi connectivity index (χ4v) is 4.80. The number of ether oxygens (including phenoxy) is 4. The first-order valence-electron chi connectivity index (χ1n) is 10.4. The van der Waals surface area contributed by atoms with Gasteiger partial charge < -0.3 is 23.9 Å². The van der Waals surface area contributed by atoms with Crippen molar-refractivity contribution in [3.05, 3.63) is 28.9 Å². The molecule has 0 saturated carbocycles. The molecule has 2 N–H and O–H groups in total. The van der Waals surface area contributed by atoms with Gasteiger partial charge in [0.1, 0.15) is 11.4 Å². The van der Waals surface area contributed by atoms with Gasteiger partial charge in [0.2, 0.25) is 0 Å². The van der Waals surface area contributed by atoms with E-state index in [0.29, 0.717) is 33.6 Å². The summed E-state index contributed by atoms with van der Waals surface area (Å²) in [5.74, 6) is 1.31. The van der Waals surface area contributed by atoms with Crippen LogP contribution in [0, 0.1) is 0 Å². The molecular weight excluding hydrogens is 432 g/mol. The third kappa shape index (κ3) is 4.52. The number of aromatic amines is 1. The second-order valence-corrected chi connectivity index (χ2v) is 8.69. The molecule has 3 aromatic rings. The van der Waals surface area contributed by atoms with Crippen LogP contribution in [-0.2, 0) is 11.3 Å². The number of nitrogens with one attached hydrogen (secondary N) is 2. The number of fused-ring (bicyclic) bond motifs is 1. The number of rotatable bonds is 7. The number of hydrogen-bond donors (Lipinski definition) is 2. The fraction of sp³-hybridized carbons (Fsp3) is 0.455. The van der Waals surface area contributed by atoms with E-state index in [9.17, 15) is 4.79 Å². The molecule has 1 fully saturated rings. The van der Waals surface area contributed by atoms with E-state index < -0.39 is 0 Å². The Hall–Kier alpha value is -2.82. The van der Waals surface area contributed by atoms with Crippen LogP contribution in [0.15, 0.2) is 17.5 Å². The summed E-state index contributed by atoms with van der Waals surface area (Å²) in [7, 11) is 4.68. The van der Waals surface area contributed by atoms with Crippen molar-refractivity contribution >= 4 is 33.3 Å². The SMILES string of the molecule is COc1cc(OC)c2cc(C(=O)Nc3nc(CN4CC(C)OC(C)C4)cs3)[nH]c2c1OC. The molecular formula is C22H28N4O5S. The number of methoxy groups -OCH3 is 3. The molecule has 9 nitrogen and oxygen atoms in total. The maximum absolute atomic E-state index is 12.9. The van der Waals surface area contributed by atoms with E-state index in [1.54, 1.807) is 33.5 Å². The van der Waals surface area contributed by atoms with Gasteiger partial charge in [0.15, 0.2) is 16.6 Å². The highest BCUT2D eigenvalue weighted by atomic mass is 32.1. The molecule has 2 unspecified atom stereocenters. The topological polar surface area (TPSA) is 97.9 Å². The van der Waals surface area contributed by atoms with Gasteiger partial charge in [-0.25, -0.2) is 4.98 Å². The van der Waals surface area contributed by atoms with Crippen LogP contribution in [0.2, 0.25) is 0 Å². The van der Waals surface area contributed by atoms with Gasteiger partial charge in [0.25, 0.3) is 5.91 Å². The number of anilines is 1. The lowest BCUT2D eigenvalue weighted by Crippen LogP contribution is -2.44. The highest BCUT2D eigenvalue weighted by molar-refractivity contribution is 7.14. The zero-order valence-electron chi connectivity index (χ0n) is 18.9. The number of carbonyl (C=O) groups excluding carboxylic acids is 1. The standard InChI is InChI=1S/C22H28N4O5S/c1-12-8-26(9-13(2)31-12)10-14-11-32-22(23-14)25-21(27)16-6-15-17(28-3)7-18(29-4)20(30-5)19(15)24-16/h6-7,11-13,24H,8-10H2,1-5H3,(H,23,25,27). The number of thiazole rings is 1. The van der Waals surface area contributed by atoms with Crippen LogP contribution in [-0.4, -0.2) is 67.4 Å². The molecule has 0 spiro atoms. The largest absolute Gasteiger partial charge is 0.496 e. The number of aromatic nitrogens is 2. The van der Waals surface area contributed by atoms with Crippen LogP contribution >= 0.6 is 11.3 Å². The molecule has 1 aliphatic rings. The normalized spacial score (nSPS) is 19.2. The zero-order chi connectivity index (χ0) is 22.8. The van der Waals surface area contributed by atoms with Crippen LogP contribution < -0.4 is 19.5 Å². The second kappa shape index (κ2) is 9.35. The molecule has 2 aromatic heterocycles. The summed E-state index contributed by atoms with van der Waals surface area (Å²) in [6.45, 7) is 6.62. The van der Waals surface area contributed by atoms with Gasteiger partial charge in [-0.05, 0) is 19.9 Å². The van der Waals surface area contributed by atoms with E-state index in [4.69, 9.17) is 18.9 Å². The van der Waals surface area contributed by atoms with E-state index in [1.807, 2.05) is 5.38 Å². The molecule has 4 rings (SSSR count). The van der Waals surface area contributed by atoms with Gasteiger partial charge in [-0.3, -0.25) is 15.0 Å².